The number of hydrogen-bond acceptors (Lipinski definition) is 2. The van der Waals surface area contributed by atoms with Gasteiger partial charge in [-0.3, -0.25) is 4.79 Å². The number of ether oxygens (including phenoxy) is 1. The van der Waals surface area contributed by atoms with E-state index in [0.29, 0.717) is 6.42 Å². The van der Waals surface area contributed by atoms with Gasteiger partial charge < -0.3 is 4.74 Å². The van der Waals surface area contributed by atoms with E-state index in [1.165, 1.54) is 12.8 Å². The summed E-state index contributed by atoms with van der Waals surface area (Å²) >= 11 is 0. The molecule has 1 rings (SSSR count). The topological polar surface area (TPSA) is 26.3 Å². The maximum atomic E-state index is 10.9. The van der Waals surface area contributed by atoms with Crippen LogP contribution in [0.25, 0.3) is 0 Å². The Morgan fingerprint density at radius 3 is 2.67 bits per heavy atom. The fourth-order valence-corrected chi connectivity index (χ4v) is 2.71. The van der Waals surface area contributed by atoms with Crippen molar-refractivity contribution in [2.75, 3.05) is 6.61 Å². The Bertz CT molecular complexity index is 155. The van der Waals surface area contributed by atoms with Crippen LogP contribution in [0.1, 0.15) is 32.6 Å². The van der Waals surface area contributed by atoms with Crippen molar-refractivity contribution in [1.29, 1.82) is 0 Å². The van der Waals surface area contributed by atoms with E-state index in [4.69, 9.17) is 4.74 Å². The van der Waals surface area contributed by atoms with E-state index >= 15 is 0 Å². The van der Waals surface area contributed by atoms with E-state index in [1.54, 1.807) is 6.92 Å². The highest BCUT2D eigenvalue weighted by molar-refractivity contribution is 6.16. The molecule has 1 aliphatic rings. The lowest BCUT2D eigenvalue weighted by atomic mass is 10.0. The van der Waals surface area contributed by atoms with Crippen molar-refractivity contribution in [1.82, 2.24) is 0 Å². The van der Waals surface area contributed by atoms with Crippen molar-refractivity contribution in [3.05, 3.63) is 0 Å². The molecule has 0 spiro atoms. The predicted octanol–water partition coefficient (Wildman–Crippen LogP) is -0.956. The number of ketones is 1. The third kappa shape index (κ3) is 3.86. The average molecular weight is 202 g/mol. The average Bonchev–Trinajstić information content (AvgIpc) is 1.85. The Balaban J connectivity index is 0.00000121. The maximum Gasteiger partial charge on any atom is 0.187 e. The SMILES string of the molecule is CC(=O)CC1([SiH3])CCCCO1.[AlH3]. The summed E-state index contributed by atoms with van der Waals surface area (Å²) in [5.74, 6) is 0.266. The zero-order valence-corrected chi connectivity index (χ0v) is 9.35. The van der Waals surface area contributed by atoms with Crippen LogP contribution in [0.5, 0.6) is 0 Å². The molecule has 0 N–H and O–H groups in total. The molecule has 4 heteroatoms. The van der Waals surface area contributed by atoms with Crippen LogP contribution in [0, 0.1) is 0 Å². The van der Waals surface area contributed by atoms with E-state index in [0.717, 1.165) is 23.3 Å². The Kier molecular flexibility index (Phi) is 5.35. The predicted molar refractivity (Wildman–Crippen MR) is 57.7 cm³/mol. The van der Waals surface area contributed by atoms with Gasteiger partial charge in [0, 0.05) is 23.3 Å². The quantitative estimate of drug-likeness (QED) is 0.539. The third-order valence-corrected chi connectivity index (χ3v) is 3.32. The second-order valence-corrected chi connectivity index (χ2v) is 5.46. The molecule has 2 nitrogen and oxygen atoms in total. The zero-order valence-electron chi connectivity index (χ0n) is 7.35. The smallest absolute Gasteiger partial charge is 0.187 e. The zero-order chi connectivity index (χ0) is 8.32. The molecule has 1 atom stereocenters. The van der Waals surface area contributed by atoms with E-state index in [9.17, 15) is 4.79 Å². The first-order chi connectivity index (χ1) is 5.12. The molecule has 1 heterocycles. The van der Waals surface area contributed by atoms with Crippen molar-refractivity contribution in [2.45, 2.75) is 37.8 Å². The Hall–Kier alpha value is 0.379. The van der Waals surface area contributed by atoms with Crippen LogP contribution < -0.4 is 0 Å². The van der Waals surface area contributed by atoms with Crippen molar-refractivity contribution >= 4 is 33.4 Å². The van der Waals surface area contributed by atoms with Crippen molar-refractivity contribution < 1.29 is 9.53 Å². The number of hydrogen-bond donors (Lipinski definition) is 0. The lowest BCUT2D eigenvalue weighted by Crippen LogP contribution is -2.38. The molecule has 1 unspecified atom stereocenters. The first kappa shape index (κ1) is 12.4. The molecule has 0 aliphatic carbocycles. The van der Waals surface area contributed by atoms with Gasteiger partial charge >= 0.3 is 0 Å². The minimum absolute atomic E-state index is 0. The summed E-state index contributed by atoms with van der Waals surface area (Å²) in [6.45, 7) is 2.51. The van der Waals surface area contributed by atoms with E-state index in [-0.39, 0.29) is 28.4 Å². The highest BCUT2D eigenvalue weighted by Crippen LogP contribution is 2.24. The molecule has 0 radical (unpaired) electrons. The first-order valence-corrected chi connectivity index (χ1v) is 5.26. The molecule has 70 valence electrons. The van der Waals surface area contributed by atoms with E-state index in [1.807, 2.05) is 0 Å². The molecule has 0 amide bonds. The highest BCUT2D eigenvalue weighted by Gasteiger charge is 2.28. The van der Waals surface area contributed by atoms with Crippen LogP contribution in [-0.2, 0) is 9.53 Å². The summed E-state index contributed by atoms with van der Waals surface area (Å²) in [5.41, 5.74) is 0. The fraction of sp³-hybridized carbons (Fsp3) is 0.875. The summed E-state index contributed by atoms with van der Waals surface area (Å²) < 4.78 is 5.62. The van der Waals surface area contributed by atoms with E-state index < -0.39 is 0 Å². The van der Waals surface area contributed by atoms with Crippen molar-refractivity contribution in [3.8, 4) is 0 Å². The molecule has 0 saturated carbocycles. The molecule has 0 aromatic heterocycles. The van der Waals surface area contributed by atoms with Crippen LogP contribution in [0.2, 0.25) is 0 Å². The molecule has 1 saturated heterocycles. The van der Waals surface area contributed by atoms with Gasteiger partial charge in [0.05, 0.1) is 5.22 Å². The number of carbonyl (C=O) groups is 1. The summed E-state index contributed by atoms with van der Waals surface area (Å²) in [7, 11) is 0.985. The first-order valence-electron chi connectivity index (χ1n) is 4.26. The van der Waals surface area contributed by atoms with Gasteiger partial charge in [-0.25, -0.2) is 0 Å². The minimum atomic E-state index is -0.00984. The highest BCUT2D eigenvalue weighted by atomic mass is 28.1. The van der Waals surface area contributed by atoms with Gasteiger partial charge in [-0.1, -0.05) is 0 Å². The number of rotatable bonds is 2. The monoisotopic (exact) mass is 202 g/mol. The van der Waals surface area contributed by atoms with Gasteiger partial charge in [-0.05, 0) is 26.2 Å². The summed E-state index contributed by atoms with van der Waals surface area (Å²) in [6.07, 6.45) is 4.14. The standard InChI is InChI=1S/C8H16O2Si.Al.3H/c1-7(9)6-8(11)4-2-3-5-10-8;;;;/h2-6H2,1,11H3;;;;. The molecule has 0 aromatic carbocycles. The van der Waals surface area contributed by atoms with Crippen molar-refractivity contribution in [2.24, 2.45) is 0 Å². The third-order valence-electron chi connectivity index (χ3n) is 2.17. The number of Topliss-reactive ketones (excluding diaryl/α,β-unsaturated/α-hetero) is 1. The number of carbonyl (C=O) groups excluding carboxylic acids is 1. The molecule has 1 aliphatic heterocycles. The van der Waals surface area contributed by atoms with Gasteiger partial charge in [0.25, 0.3) is 0 Å². The van der Waals surface area contributed by atoms with Crippen LogP contribution in [0.3, 0.4) is 0 Å². The van der Waals surface area contributed by atoms with Crippen LogP contribution in [0.15, 0.2) is 0 Å². The van der Waals surface area contributed by atoms with Crippen LogP contribution >= 0.6 is 0 Å². The fourth-order valence-electron chi connectivity index (χ4n) is 1.66. The second kappa shape index (κ2) is 5.18. The molecule has 1 fully saturated rings. The van der Waals surface area contributed by atoms with E-state index in [2.05, 4.69) is 0 Å². The summed E-state index contributed by atoms with van der Waals surface area (Å²) in [5, 5.41) is -0.00984. The molecular formula is C8H19AlO2Si. The lowest BCUT2D eigenvalue weighted by Gasteiger charge is -2.33. The molecular weight excluding hydrogens is 183 g/mol. The van der Waals surface area contributed by atoms with Crippen LogP contribution in [-0.4, -0.2) is 45.2 Å². The molecule has 0 bridgehead atoms. The lowest BCUT2D eigenvalue weighted by molar-refractivity contribution is -0.122. The Morgan fingerprint density at radius 1 is 1.58 bits per heavy atom. The largest absolute Gasteiger partial charge is 0.379 e. The Labute approximate surface area is 87.6 Å². The van der Waals surface area contributed by atoms with Crippen LogP contribution in [0.4, 0.5) is 0 Å². The van der Waals surface area contributed by atoms with Gasteiger partial charge in [-0.2, -0.15) is 0 Å². The van der Waals surface area contributed by atoms with Gasteiger partial charge in [0.2, 0.25) is 0 Å². The Morgan fingerprint density at radius 2 is 2.25 bits per heavy atom. The summed E-state index contributed by atoms with van der Waals surface area (Å²) in [4.78, 5) is 10.9. The molecule has 12 heavy (non-hydrogen) atoms. The minimum Gasteiger partial charge on any atom is -0.379 e. The second-order valence-electron chi connectivity index (χ2n) is 3.63. The normalized spacial score (nSPS) is 29.4. The summed E-state index contributed by atoms with van der Waals surface area (Å²) in [6, 6.07) is 0. The van der Waals surface area contributed by atoms with Crippen molar-refractivity contribution in [3.63, 3.8) is 0 Å². The maximum absolute atomic E-state index is 10.9. The van der Waals surface area contributed by atoms with Gasteiger partial charge in [-0.15, -0.1) is 0 Å². The molecule has 0 aromatic rings. The van der Waals surface area contributed by atoms with Gasteiger partial charge in [0.15, 0.2) is 17.4 Å². The van der Waals surface area contributed by atoms with Gasteiger partial charge in [0.1, 0.15) is 5.78 Å².